The van der Waals surface area contributed by atoms with Crippen LogP contribution in [0.1, 0.15) is 10.4 Å². The van der Waals surface area contributed by atoms with Crippen LogP contribution in [0.5, 0.6) is 5.75 Å². The van der Waals surface area contributed by atoms with E-state index in [-0.39, 0.29) is 5.91 Å². The van der Waals surface area contributed by atoms with Gasteiger partial charge in [-0.15, -0.1) is 0 Å². The molecule has 8 heteroatoms. The Balaban J connectivity index is 1.69. The van der Waals surface area contributed by atoms with Crippen molar-refractivity contribution in [2.45, 2.75) is 0 Å². The fraction of sp³-hybridized carbons (Fsp3) is 0.333. The van der Waals surface area contributed by atoms with E-state index in [9.17, 15) is 4.79 Å². The summed E-state index contributed by atoms with van der Waals surface area (Å²) >= 11 is 5.91. The van der Waals surface area contributed by atoms with Gasteiger partial charge in [0.2, 0.25) is 5.96 Å². The minimum Gasteiger partial charge on any atom is -0.497 e. The quantitative estimate of drug-likeness (QED) is 0.559. The Labute approximate surface area is 175 Å². The first-order valence-electron chi connectivity index (χ1n) is 9.46. The SMILES string of the molecule is COc1cccc(NC(=NCCN2CCOCC2)NC(=O)c2ccc(Cl)cc2)c1. The summed E-state index contributed by atoms with van der Waals surface area (Å²) in [7, 11) is 1.61. The van der Waals surface area contributed by atoms with Gasteiger partial charge in [-0.25, -0.2) is 0 Å². The Morgan fingerprint density at radius 3 is 2.69 bits per heavy atom. The largest absolute Gasteiger partial charge is 0.497 e. The van der Waals surface area contributed by atoms with Gasteiger partial charge in [0.1, 0.15) is 5.75 Å². The number of aliphatic imine (C=N–C) groups is 1. The molecule has 1 aliphatic rings. The number of carbonyl (C=O) groups is 1. The number of guanidine groups is 1. The molecule has 0 spiro atoms. The fourth-order valence-corrected chi connectivity index (χ4v) is 2.98. The van der Waals surface area contributed by atoms with Gasteiger partial charge >= 0.3 is 0 Å². The third kappa shape index (κ3) is 6.74. The number of nitrogens with zero attached hydrogens (tertiary/aromatic N) is 2. The molecule has 0 bridgehead atoms. The number of hydrogen-bond donors (Lipinski definition) is 2. The Morgan fingerprint density at radius 2 is 1.97 bits per heavy atom. The molecule has 1 saturated heterocycles. The van der Waals surface area contributed by atoms with Crippen LogP contribution in [-0.2, 0) is 4.74 Å². The maximum absolute atomic E-state index is 12.6. The second-order valence-electron chi connectivity index (χ2n) is 6.50. The lowest BCUT2D eigenvalue weighted by Crippen LogP contribution is -2.39. The summed E-state index contributed by atoms with van der Waals surface area (Å²) in [5.74, 6) is 0.834. The van der Waals surface area contributed by atoms with Crippen molar-refractivity contribution in [3.8, 4) is 5.75 Å². The van der Waals surface area contributed by atoms with Gasteiger partial charge in [0, 0.05) is 42.0 Å². The van der Waals surface area contributed by atoms with Gasteiger partial charge < -0.3 is 14.8 Å². The first-order chi connectivity index (χ1) is 14.1. The standard InChI is InChI=1S/C21H25ClN4O3/c1-28-19-4-2-3-18(15-19)24-21(23-9-10-26-11-13-29-14-12-26)25-20(27)16-5-7-17(22)8-6-16/h2-8,15H,9-14H2,1H3,(H2,23,24,25,27). The normalized spacial score (nSPS) is 15.0. The monoisotopic (exact) mass is 416 g/mol. The van der Waals surface area contributed by atoms with E-state index < -0.39 is 0 Å². The van der Waals surface area contributed by atoms with E-state index in [0.29, 0.717) is 28.8 Å². The van der Waals surface area contributed by atoms with Crippen LogP contribution in [0.2, 0.25) is 5.02 Å². The molecule has 0 unspecified atom stereocenters. The molecule has 3 rings (SSSR count). The predicted molar refractivity (Wildman–Crippen MR) is 115 cm³/mol. The number of nitrogens with one attached hydrogen (secondary N) is 2. The smallest absolute Gasteiger partial charge is 0.257 e. The molecule has 2 N–H and O–H groups in total. The summed E-state index contributed by atoms with van der Waals surface area (Å²) in [6.45, 7) is 4.62. The molecule has 2 aromatic carbocycles. The Morgan fingerprint density at radius 1 is 1.21 bits per heavy atom. The van der Waals surface area contributed by atoms with Gasteiger partial charge in [-0.3, -0.25) is 20.0 Å². The molecule has 0 saturated carbocycles. The number of halogens is 1. The predicted octanol–water partition coefficient (Wildman–Crippen LogP) is 2.88. The fourth-order valence-electron chi connectivity index (χ4n) is 2.86. The van der Waals surface area contributed by atoms with Gasteiger partial charge in [0.15, 0.2) is 0 Å². The first-order valence-corrected chi connectivity index (χ1v) is 9.84. The van der Waals surface area contributed by atoms with E-state index in [2.05, 4.69) is 20.5 Å². The van der Waals surface area contributed by atoms with Crippen LogP contribution in [0.4, 0.5) is 5.69 Å². The number of ether oxygens (including phenoxy) is 2. The second-order valence-corrected chi connectivity index (χ2v) is 6.94. The Kier molecular flexibility index (Phi) is 7.86. The average Bonchev–Trinajstić information content (AvgIpc) is 2.75. The molecule has 7 nitrogen and oxygen atoms in total. The highest BCUT2D eigenvalue weighted by atomic mass is 35.5. The minimum absolute atomic E-state index is 0.262. The molecule has 0 atom stereocenters. The summed E-state index contributed by atoms with van der Waals surface area (Å²) in [6, 6.07) is 14.2. The molecule has 1 amide bonds. The van der Waals surface area contributed by atoms with E-state index in [1.807, 2.05) is 24.3 Å². The second kappa shape index (κ2) is 10.8. The number of morpholine rings is 1. The summed E-state index contributed by atoms with van der Waals surface area (Å²) < 4.78 is 10.6. The van der Waals surface area contributed by atoms with Crippen molar-refractivity contribution in [1.29, 1.82) is 0 Å². The van der Waals surface area contributed by atoms with Gasteiger partial charge in [-0.1, -0.05) is 17.7 Å². The van der Waals surface area contributed by atoms with Crippen molar-refractivity contribution >= 4 is 29.2 Å². The molecule has 2 aromatic rings. The van der Waals surface area contributed by atoms with E-state index in [4.69, 9.17) is 21.1 Å². The van der Waals surface area contributed by atoms with E-state index >= 15 is 0 Å². The maximum Gasteiger partial charge on any atom is 0.257 e. The highest BCUT2D eigenvalue weighted by Gasteiger charge is 2.12. The van der Waals surface area contributed by atoms with E-state index in [1.54, 1.807) is 31.4 Å². The number of methoxy groups -OCH3 is 1. The molecular formula is C21H25ClN4O3. The average molecular weight is 417 g/mol. The Hall–Kier alpha value is -2.61. The molecule has 0 aromatic heterocycles. The van der Waals surface area contributed by atoms with Crippen LogP contribution in [0, 0.1) is 0 Å². The third-order valence-electron chi connectivity index (χ3n) is 4.46. The van der Waals surface area contributed by atoms with Gasteiger partial charge in [-0.2, -0.15) is 0 Å². The molecule has 1 fully saturated rings. The molecule has 154 valence electrons. The van der Waals surface area contributed by atoms with E-state index in [0.717, 1.165) is 38.5 Å². The van der Waals surface area contributed by atoms with Gasteiger partial charge in [0.05, 0.1) is 26.9 Å². The maximum atomic E-state index is 12.6. The van der Waals surface area contributed by atoms with Crippen molar-refractivity contribution in [3.63, 3.8) is 0 Å². The number of anilines is 1. The van der Waals surface area contributed by atoms with Crippen LogP contribution in [0.15, 0.2) is 53.5 Å². The lowest BCUT2D eigenvalue weighted by Gasteiger charge is -2.25. The molecule has 0 aliphatic carbocycles. The summed E-state index contributed by atoms with van der Waals surface area (Å²) in [6.07, 6.45) is 0. The van der Waals surface area contributed by atoms with Crippen LogP contribution >= 0.6 is 11.6 Å². The minimum atomic E-state index is -0.262. The van der Waals surface area contributed by atoms with Crippen LogP contribution in [-0.4, -0.2) is 63.3 Å². The number of amides is 1. The van der Waals surface area contributed by atoms with Crippen molar-refractivity contribution in [2.75, 3.05) is 51.8 Å². The zero-order chi connectivity index (χ0) is 20.5. The third-order valence-corrected chi connectivity index (χ3v) is 4.71. The number of hydrogen-bond acceptors (Lipinski definition) is 5. The van der Waals surface area contributed by atoms with Crippen molar-refractivity contribution in [3.05, 3.63) is 59.1 Å². The summed E-state index contributed by atoms with van der Waals surface area (Å²) in [5, 5.41) is 6.60. The lowest BCUT2D eigenvalue weighted by molar-refractivity contribution is 0.0394. The van der Waals surface area contributed by atoms with E-state index in [1.165, 1.54) is 0 Å². The van der Waals surface area contributed by atoms with Crippen LogP contribution in [0.3, 0.4) is 0 Å². The highest BCUT2D eigenvalue weighted by Crippen LogP contribution is 2.16. The highest BCUT2D eigenvalue weighted by molar-refractivity contribution is 6.30. The van der Waals surface area contributed by atoms with Crippen molar-refractivity contribution in [1.82, 2.24) is 10.2 Å². The molecule has 1 aliphatic heterocycles. The number of benzene rings is 2. The molecular weight excluding hydrogens is 392 g/mol. The topological polar surface area (TPSA) is 75.2 Å². The van der Waals surface area contributed by atoms with Crippen molar-refractivity contribution < 1.29 is 14.3 Å². The summed E-state index contributed by atoms with van der Waals surface area (Å²) in [4.78, 5) is 19.5. The summed E-state index contributed by atoms with van der Waals surface area (Å²) in [5.41, 5.74) is 1.27. The molecule has 1 heterocycles. The molecule has 29 heavy (non-hydrogen) atoms. The van der Waals surface area contributed by atoms with Gasteiger partial charge in [-0.05, 0) is 36.4 Å². The zero-order valence-electron chi connectivity index (χ0n) is 16.4. The van der Waals surface area contributed by atoms with Crippen LogP contribution in [0.25, 0.3) is 0 Å². The van der Waals surface area contributed by atoms with Gasteiger partial charge in [0.25, 0.3) is 5.91 Å². The Bertz CT molecular complexity index is 836. The number of rotatable bonds is 6. The number of carbonyl (C=O) groups excluding carboxylic acids is 1. The molecule has 0 radical (unpaired) electrons. The van der Waals surface area contributed by atoms with Crippen molar-refractivity contribution in [2.24, 2.45) is 4.99 Å². The van der Waals surface area contributed by atoms with Crippen LogP contribution < -0.4 is 15.4 Å². The lowest BCUT2D eigenvalue weighted by atomic mass is 10.2. The first kappa shape index (κ1) is 21.1. The zero-order valence-corrected chi connectivity index (χ0v) is 17.1.